The number of methoxy groups -OCH3 is 1. The SMILES string of the molecule is COC(=O)c1ccc(CNc2cccc(F)n2)o1. The highest BCUT2D eigenvalue weighted by Crippen LogP contribution is 2.11. The molecule has 2 aromatic heterocycles. The number of carbonyl (C=O) groups excluding carboxylic acids is 1. The van der Waals surface area contributed by atoms with Crippen LogP contribution >= 0.6 is 0 Å². The molecule has 0 aliphatic heterocycles. The number of rotatable bonds is 4. The first-order valence-corrected chi connectivity index (χ1v) is 5.22. The molecule has 0 aliphatic carbocycles. The molecule has 0 saturated heterocycles. The molecule has 2 aromatic rings. The van der Waals surface area contributed by atoms with Crippen molar-refractivity contribution in [1.29, 1.82) is 0 Å². The van der Waals surface area contributed by atoms with Crippen molar-refractivity contribution in [2.24, 2.45) is 0 Å². The molecule has 0 aromatic carbocycles. The topological polar surface area (TPSA) is 64.4 Å². The van der Waals surface area contributed by atoms with Crippen LogP contribution in [-0.2, 0) is 11.3 Å². The predicted octanol–water partition coefficient (Wildman–Crippen LogP) is 2.21. The fourth-order valence-electron chi connectivity index (χ4n) is 1.37. The minimum atomic E-state index is -0.560. The van der Waals surface area contributed by atoms with E-state index < -0.39 is 11.9 Å². The van der Waals surface area contributed by atoms with Crippen molar-refractivity contribution in [3.63, 3.8) is 0 Å². The van der Waals surface area contributed by atoms with Crippen molar-refractivity contribution in [3.8, 4) is 0 Å². The Labute approximate surface area is 103 Å². The van der Waals surface area contributed by atoms with Crippen LogP contribution in [0.2, 0.25) is 0 Å². The van der Waals surface area contributed by atoms with Crippen LogP contribution < -0.4 is 5.32 Å². The van der Waals surface area contributed by atoms with E-state index in [0.29, 0.717) is 18.1 Å². The van der Waals surface area contributed by atoms with E-state index in [1.54, 1.807) is 18.2 Å². The molecule has 0 saturated carbocycles. The van der Waals surface area contributed by atoms with Crippen LogP contribution in [0, 0.1) is 5.95 Å². The normalized spacial score (nSPS) is 10.1. The van der Waals surface area contributed by atoms with Crippen LogP contribution in [0.15, 0.2) is 34.7 Å². The van der Waals surface area contributed by atoms with Gasteiger partial charge in [0, 0.05) is 0 Å². The number of esters is 1. The number of hydrogen-bond donors (Lipinski definition) is 1. The summed E-state index contributed by atoms with van der Waals surface area (Å²) in [6, 6.07) is 7.59. The molecule has 0 unspecified atom stereocenters. The van der Waals surface area contributed by atoms with E-state index in [9.17, 15) is 9.18 Å². The number of hydrogen-bond acceptors (Lipinski definition) is 5. The van der Waals surface area contributed by atoms with E-state index in [0.717, 1.165) is 0 Å². The van der Waals surface area contributed by atoms with Gasteiger partial charge in [-0.05, 0) is 24.3 Å². The van der Waals surface area contributed by atoms with Gasteiger partial charge in [0.1, 0.15) is 11.6 Å². The minimum Gasteiger partial charge on any atom is -0.463 e. The number of nitrogens with zero attached hydrogens (tertiary/aromatic N) is 1. The maximum atomic E-state index is 12.8. The fraction of sp³-hybridized carbons (Fsp3) is 0.167. The van der Waals surface area contributed by atoms with E-state index in [4.69, 9.17) is 4.42 Å². The molecule has 0 fully saturated rings. The lowest BCUT2D eigenvalue weighted by molar-refractivity contribution is 0.0563. The molecule has 0 bridgehead atoms. The molecule has 0 amide bonds. The third kappa shape index (κ3) is 2.85. The Morgan fingerprint density at radius 1 is 1.44 bits per heavy atom. The minimum absolute atomic E-state index is 0.126. The van der Waals surface area contributed by atoms with Gasteiger partial charge in [-0.3, -0.25) is 0 Å². The number of pyridine rings is 1. The molecule has 94 valence electrons. The van der Waals surface area contributed by atoms with Gasteiger partial charge in [0.2, 0.25) is 11.7 Å². The monoisotopic (exact) mass is 250 g/mol. The lowest BCUT2D eigenvalue weighted by Gasteiger charge is -2.02. The summed E-state index contributed by atoms with van der Waals surface area (Å²) in [7, 11) is 1.28. The zero-order valence-electron chi connectivity index (χ0n) is 9.64. The standard InChI is InChI=1S/C12H11FN2O3/c1-17-12(16)9-6-5-8(18-9)7-14-11-4-2-3-10(13)15-11/h2-6H,7H2,1H3,(H,14,15). The first-order chi connectivity index (χ1) is 8.69. The molecule has 2 rings (SSSR count). The molecule has 0 aliphatic rings. The number of halogens is 1. The second-order valence-corrected chi connectivity index (χ2v) is 3.46. The van der Waals surface area contributed by atoms with Gasteiger partial charge in [-0.1, -0.05) is 6.07 Å². The van der Waals surface area contributed by atoms with Crippen LogP contribution in [0.4, 0.5) is 10.2 Å². The number of furan rings is 1. The lowest BCUT2D eigenvalue weighted by atomic mass is 10.4. The van der Waals surface area contributed by atoms with Crippen LogP contribution in [0.3, 0.4) is 0 Å². The van der Waals surface area contributed by atoms with Crippen LogP contribution in [-0.4, -0.2) is 18.1 Å². The highest BCUT2D eigenvalue weighted by atomic mass is 19.1. The Morgan fingerprint density at radius 3 is 3.00 bits per heavy atom. The Balaban J connectivity index is 1.98. The Bertz CT molecular complexity index is 554. The van der Waals surface area contributed by atoms with E-state index in [1.165, 1.54) is 19.2 Å². The molecule has 2 heterocycles. The summed E-state index contributed by atoms with van der Waals surface area (Å²) in [6.45, 7) is 0.299. The third-order valence-electron chi connectivity index (χ3n) is 2.21. The van der Waals surface area contributed by atoms with E-state index in [1.807, 2.05) is 0 Å². The highest BCUT2D eigenvalue weighted by molar-refractivity contribution is 5.86. The quantitative estimate of drug-likeness (QED) is 0.665. The van der Waals surface area contributed by atoms with Gasteiger partial charge in [-0.2, -0.15) is 4.39 Å². The lowest BCUT2D eigenvalue weighted by Crippen LogP contribution is -2.01. The summed E-state index contributed by atoms with van der Waals surface area (Å²) in [5.41, 5.74) is 0. The third-order valence-corrected chi connectivity index (χ3v) is 2.21. The van der Waals surface area contributed by atoms with Gasteiger partial charge in [-0.15, -0.1) is 0 Å². The van der Waals surface area contributed by atoms with E-state index in [2.05, 4.69) is 15.0 Å². The maximum Gasteiger partial charge on any atom is 0.373 e. The average Bonchev–Trinajstić information content (AvgIpc) is 2.84. The Hall–Kier alpha value is -2.37. The van der Waals surface area contributed by atoms with Gasteiger partial charge >= 0.3 is 5.97 Å². The molecule has 5 nitrogen and oxygen atoms in total. The van der Waals surface area contributed by atoms with Crippen molar-refractivity contribution in [1.82, 2.24) is 4.98 Å². The number of ether oxygens (including phenoxy) is 1. The highest BCUT2D eigenvalue weighted by Gasteiger charge is 2.10. The number of nitrogens with one attached hydrogen (secondary N) is 1. The summed E-state index contributed by atoms with van der Waals surface area (Å²) in [5, 5.41) is 2.88. The average molecular weight is 250 g/mol. The smallest absolute Gasteiger partial charge is 0.373 e. The van der Waals surface area contributed by atoms with Crippen molar-refractivity contribution in [2.75, 3.05) is 12.4 Å². The second-order valence-electron chi connectivity index (χ2n) is 3.46. The number of carbonyl (C=O) groups is 1. The Morgan fingerprint density at radius 2 is 2.28 bits per heavy atom. The van der Waals surface area contributed by atoms with Gasteiger partial charge in [-0.25, -0.2) is 9.78 Å². The van der Waals surface area contributed by atoms with E-state index >= 15 is 0 Å². The summed E-state index contributed by atoms with van der Waals surface area (Å²) in [6.07, 6.45) is 0. The summed E-state index contributed by atoms with van der Waals surface area (Å²) in [5.74, 6) is -0.0474. The van der Waals surface area contributed by atoms with Crippen molar-refractivity contribution < 1.29 is 18.3 Å². The molecule has 18 heavy (non-hydrogen) atoms. The van der Waals surface area contributed by atoms with Crippen molar-refractivity contribution in [2.45, 2.75) is 6.54 Å². The molecule has 6 heteroatoms. The molecule has 1 N–H and O–H groups in total. The Kier molecular flexibility index (Phi) is 3.57. The zero-order chi connectivity index (χ0) is 13.0. The molecular weight excluding hydrogens is 239 g/mol. The number of anilines is 1. The first-order valence-electron chi connectivity index (χ1n) is 5.22. The summed E-state index contributed by atoms with van der Waals surface area (Å²) in [4.78, 5) is 14.8. The first kappa shape index (κ1) is 12.1. The predicted molar refractivity (Wildman–Crippen MR) is 61.6 cm³/mol. The maximum absolute atomic E-state index is 12.8. The second kappa shape index (κ2) is 5.31. The number of aromatic nitrogens is 1. The zero-order valence-corrected chi connectivity index (χ0v) is 9.64. The molecule has 0 spiro atoms. The summed E-state index contributed by atoms with van der Waals surface area (Å²) < 4.78 is 22.6. The molecule has 0 atom stereocenters. The van der Waals surface area contributed by atoms with E-state index in [-0.39, 0.29) is 5.76 Å². The van der Waals surface area contributed by atoms with Crippen LogP contribution in [0.5, 0.6) is 0 Å². The van der Waals surface area contributed by atoms with Gasteiger partial charge in [0.05, 0.1) is 13.7 Å². The van der Waals surface area contributed by atoms with Gasteiger partial charge in [0.15, 0.2) is 0 Å². The van der Waals surface area contributed by atoms with Crippen LogP contribution in [0.1, 0.15) is 16.3 Å². The van der Waals surface area contributed by atoms with Crippen LogP contribution in [0.25, 0.3) is 0 Å². The molecule has 0 radical (unpaired) electrons. The summed E-state index contributed by atoms with van der Waals surface area (Å²) >= 11 is 0. The molecular formula is C12H11FN2O3. The largest absolute Gasteiger partial charge is 0.463 e. The van der Waals surface area contributed by atoms with Crippen molar-refractivity contribution >= 4 is 11.8 Å². The van der Waals surface area contributed by atoms with Gasteiger partial charge < -0.3 is 14.5 Å². The van der Waals surface area contributed by atoms with Crippen molar-refractivity contribution in [3.05, 3.63) is 47.8 Å². The van der Waals surface area contributed by atoms with Gasteiger partial charge in [0.25, 0.3) is 0 Å². The fourth-order valence-corrected chi connectivity index (χ4v) is 1.37.